The molecule has 1 aromatic heterocycles. The quantitative estimate of drug-likeness (QED) is 0.584. The first-order valence-electron chi connectivity index (χ1n) is 9.42. The zero-order valence-electron chi connectivity index (χ0n) is 16.5. The van der Waals surface area contributed by atoms with E-state index in [0.717, 1.165) is 23.3 Å². The number of hydrogen-bond acceptors (Lipinski definition) is 5. The SMILES string of the molecule is CC[C@@H](C)c1ccccc1OCC(=O)N(C)Cc1nnc(-c2ccccc2)o1. The lowest BCUT2D eigenvalue weighted by atomic mass is 9.98. The fourth-order valence-electron chi connectivity index (χ4n) is 2.79. The van der Waals surface area contributed by atoms with E-state index in [4.69, 9.17) is 9.15 Å². The Labute approximate surface area is 165 Å². The number of nitrogens with zero attached hydrogens (tertiary/aromatic N) is 3. The third kappa shape index (κ3) is 4.76. The largest absolute Gasteiger partial charge is 0.483 e. The number of benzene rings is 2. The van der Waals surface area contributed by atoms with E-state index in [1.807, 2.05) is 54.6 Å². The number of para-hydroxylation sites is 1. The Bertz CT molecular complexity index is 908. The number of likely N-dealkylation sites (N-methyl/N-ethyl adjacent to an activating group) is 1. The maximum atomic E-state index is 12.5. The van der Waals surface area contributed by atoms with Gasteiger partial charge in [0.1, 0.15) is 5.75 Å². The zero-order valence-corrected chi connectivity index (χ0v) is 16.5. The molecule has 0 radical (unpaired) electrons. The molecule has 0 saturated carbocycles. The van der Waals surface area contributed by atoms with Gasteiger partial charge in [0.15, 0.2) is 6.61 Å². The lowest BCUT2D eigenvalue weighted by Gasteiger charge is -2.18. The molecule has 0 aliphatic carbocycles. The van der Waals surface area contributed by atoms with E-state index in [1.54, 1.807) is 7.05 Å². The minimum Gasteiger partial charge on any atom is -0.483 e. The molecule has 0 aliphatic rings. The van der Waals surface area contributed by atoms with E-state index in [-0.39, 0.29) is 19.1 Å². The van der Waals surface area contributed by atoms with Crippen molar-refractivity contribution in [1.82, 2.24) is 15.1 Å². The fourth-order valence-corrected chi connectivity index (χ4v) is 2.79. The van der Waals surface area contributed by atoms with Gasteiger partial charge in [-0.15, -0.1) is 10.2 Å². The van der Waals surface area contributed by atoms with Crippen molar-refractivity contribution in [2.24, 2.45) is 0 Å². The van der Waals surface area contributed by atoms with Gasteiger partial charge in [-0.3, -0.25) is 4.79 Å². The highest BCUT2D eigenvalue weighted by Crippen LogP contribution is 2.28. The smallest absolute Gasteiger partial charge is 0.260 e. The average molecular weight is 379 g/mol. The Morgan fingerprint density at radius 3 is 2.57 bits per heavy atom. The van der Waals surface area contributed by atoms with Gasteiger partial charge in [-0.2, -0.15) is 0 Å². The van der Waals surface area contributed by atoms with E-state index < -0.39 is 0 Å². The molecule has 28 heavy (non-hydrogen) atoms. The van der Waals surface area contributed by atoms with Gasteiger partial charge in [0, 0.05) is 12.6 Å². The topological polar surface area (TPSA) is 68.5 Å². The van der Waals surface area contributed by atoms with Crippen LogP contribution >= 0.6 is 0 Å². The summed E-state index contributed by atoms with van der Waals surface area (Å²) in [6.45, 7) is 4.48. The third-order valence-electron chi connectivity index (χ3n) is 4.70. The van der Waals surface area contributed by atoms with Gasteiger partial charge in [0.2, 0.25) is 11.8 Å². The van der Waals surface area contributed by atoms with E-state index in [2.05, 4.69) is 24.0 Å². The summed E-state index contributed by atoms with van der Waals surface area (Å²) in [6.07, 6.45) is 1.01. The minimum absolute atomic E-state index is 0.0381. The molecule has 1 heterocycles. The highest BCUT2D eigenvalue weighted by Gasteiger charge is 2.16. The summed E-state index contributed by atoms with van der Waals surface area (Å²) in [5, 5.41) is 8.08. The van der Waals surface area contributed by atoms with Crippen LogP contribution in [0.15, 0.2) is 59.0 Å². The van der Waals surface area contributed by atoms with Crippen molar-refractivity contribution in [2.75, 3.05) is 13.7 Å². The summed E-state index contributed by atoms with van der Waals surface area (Å²) in [7, 11) is 1.69. The van der Waals surface area contributed by atoms with Crippen LogP contribution in [-0.2, 0) is 11.3 Å². The maximum absolute atomic E-state index is 12.5. The summed E-state index contributed by atoms with van der Waals surface area (Å²) in [6, 6.07) is 17.4. The first kappa shape index (κ1) is 19.6. The molecule has 0 unspecified atom stereocenters. The number of hydrogen-bond donors (Lipinski definition) is 0. The van der Waals surface area contributed by atoms with E-state index in [1.165, 1.54) is 4.90 Å². The molecule has 6 heteroatoms. The number of amides is 1. The van der Waals surface area contributed by atoms with Crippen LogP contribution in [0.25, 0.3) is 11.5 Å². The molecule has 3 rings (SSSR count). The summed E-state index contributed by atoms with van der Waals surface area (Å²) < 4.78 is 11.5. The molecular formula is C22H25N3O3. The van der Waals surface area contributed by atoms with Crippen molar-refractivity contribution in [3.63, 3.8) is 0 Å². The number of carbonyl (C=O) groups excluding carboxylic acids is 1. The standard InChI is InChI=1S/C22H25N3O3/c1-4-16(2)18-12-8-9-13-19(18)27-15-21(26)25(3)14-20-23-24-22(28-20)17-10-6-5-7-11-17/h5-13,16H,4,14-15H2,1-3H3/t16-/m1/s1. The van der Waals surface area contributed by atoms with Gasteiger partial charge in [0.25, 0.3) is 5.91 Å². The Balaban J connectivity index is 1.58. The summed E-state index contributed by atoms with van der Waals surface area (Å²) in [4.78, 5) is 14.0. The van der Waals surface area contributed by atoms with Crippen molar-refractivity contribution in [3.8, 4) is 17.2 Å². The highest BCUT2D eigenvalue weighted by molar-refractivity contribution is 5.77. The van der Waals surface area contributed by atoms with Gasteiger partial charge in [-0.25, -0.2) is 0 Å². The predicted molar refractivity (Wildman–Crippen MR) is 107 cm³/mol. The molecule has 0 spiro atoms. The highest BCUT2D eigenvalue weighted by atomic mass is 16.5. The molecule has 0 aliphatic heterocycles. The summed E-state index contributed by atoms with van der Waals surface area (Å²) in [5.41, 5.74) is 1.96. The van der Waals surface area contributed by atoms with Crippen LogP contribution in [0.2, 0.25) is 0 Å². The van der Waals surface area contributed by atoms with Gasteiger partial charge < -0.3 is 14.1 Å². The average Bonchev–Trinajstić information content (AvgIpc) is 3.20. The van der Waals surface area contributed by atoms with Crippen LogP contribution in [0, 0.1) is 0 Å². The van der Waals surface area contributed by atoms with Crippen molar-refractivity contribution in [3.05, 3.63) is 66.1 Å². The second kappa shape index (κ2) is 9.17. The van der Waals surface area contributed by atoms with Crippen LogP contribution in [0.5, 0.6) is 5.75 Å². The van der Waals surface area contributed by atoms with Crippen LogP contribution in [0.1, 0.15) is 37.6 Å². The second-order valence-corrected chi connectivity index (χ2v) is 6.75. The number of aromatic nitrogens is 2. The Morgan fingerprint density at radius 2 is 1.82 bits per heavy atom. The van der Waals surface area contributed by atoms with Crippen molar-refractivity contribution < 1.29 is 13.9 Å². The molecule has 0 bridgehead atoms. The molecule has 0 N–H and O–H groups in total. The molecule has 1 atom stereocenters. The van der Waals surface area contributed by atoms with E-state index in [0.29, 0.717) is 17.7 Å². The first-order valence-corrected chi connectivity index (χ1v) is 9.42. The Kier molecular flexibility index (Phi) is 6.42. The molecule has 1 amide bonds. The maximum Gasteiger partial charge on any atom is 0.260 e. The van der Waals surface area contributed by atoms with Gasteiger partial charge in [-0.05, 0) is 36.1 Å². The molecule has 0 saturated heterocycles. The third-order valence-corrected chi connectivity index (χ3v) is 4.70. The molecule has 0 fully saturated rings. The number of rotatable bonds is 8. The molecule has 2 aromatic carbocycles. The van der Waals surface area contributed by atoms with Crippen LogP contribution in [0.3, 0.4) is 0 Å². The van der Waals surface area contributed by atoms with Crippen molar-refractivity contribution in [1.29, 1.82) is 0 Å². The second-order valence-electron chi connectivity index (χ2n) is 6.75. The molecule has 146 valence electrons. The van der Waals surface area contributed by atoms with Crippen molar-refractivity contribution >= 4 is 5.91 Å². The first-order chi connectivity index (χ1) is 13.6. The summed E-state index contributed by atoms with van der Waals surface area (Å²) in [5.74, 6) is 1.80. The zero-order chi connectivity index (χ0) is 19.9. The lowest BCUT2D eigenvalue weighted by Crippen LogP contribution is -2.31. The number of ether oxygens (including phenoxy) is 1. The molecule has 3 aromatic rings. The molecular weight excluding hydrogens is 354 g/mol. The Morgan fingerprint density at radius 1 is 1.11 bits per heavy atom. The fraction of sp³-hybridized carbons (Fsp3) is 0.318. The van der Waals surface area contributed by atoms with Crippen LogP contribution in [-0.4, -0.2) is 34.7 Å². The minimum atomic E-state index is -0.154. The molecule has 6 nitrogen and oxygen atoms in total. The number of carbonyl (C=O) groups is 1. The monoisotopic (exact) mass is 379 g/mol. The van der Waals surface area contributed by atoms with Gasteiger partial charge >= 0.3 is 0 Å². The van der Waals surface area contributed by atoms with Crippen LogP contribution in [0.4, 0.5) is 0 Å². The Hall–Kier alpha value is -3.15. The van der Waals surface area contributed by atoms with E-state index in [9.17, 15) is 4.79 Å². The summed E-state index contributed by atoms with van der Waals surface area (Å²) >= 11 is 0. The van der Waals surface area contributed by atoms with Gasteiger partial charge in [-0.1, -0.05) is 50.2 Å². The van der Waals surface area contributed by atoms with Crippen molar-refractivity contribution in [2.45, 2.75) is 32.7 Å². The van der Waals surface area contributed by atoms with E-state index >= 15 is 0 Å². The van der Waals surface area contributed by atoms with Crippen LogP contribution < -0.4 is 4.74 Å². The van der Waals surface area contributed by atoms with Gasteiger partial charge in [0.05, 0.1) is 6.54 Å². The lowest BCUT2D eigenvalue weighted by molar-refractivity contribution is -0.132. The normalized spacial score (nSPS) is 11.8. The predicted octanol–water partition coefficient (Wildman–Crippen LogP) is 4.29.